The van der Waals surface area contributed by atoms with Gasteiger partial charge in [0, 0.05) is 10.7 Å². The number of rotatable bonds is 2. The SMILES string of the molecule is Cc1ccc(Nc2nc(N)ncc2Cl)cc1Cl. The van der Waals surface area contributed by atoms with Crippen molar-refractivity contribution in [3.8, 4) is 0 Å². The Balaban J connectivity index is 2.31. The van der Waals surface area contributed by atoms with Crippen LogP contribution in [-0.4, -0.2) is 9.97 Å². The summed E-state index contributed by atoms with van der Waals surface area (Å²) in [5.41, 5.74) is 7.29. The highest BCUT2D eigenvalue weighted by Gasteiger charge is 2.05. The number of aromatic nitrogens is 2. The Hall–Kier alpha value is -1.52. The molecule has 0 bridgehead atoms. The third-order valence-corrected chi connectivity index (χ3v) is 2.88. The first-order valence-corrected chi connectivity index (χ1v) is 5.63. The van der Waals surface area contributed by atoms with Gasteiger partial charge in [0.2, 0.25) is 5.95 Å². The molecule has 2 rings (SSSR count). The fraction of sp³-hybridized carbons (Fsp3) is 0.0909. The number of anilines is 3. The molecular weight excluding hydrogens is 259 g/mol. The highest BCUT2D eigenvalue weighted by molar-refractivity contribution is 6.33. The van der Waals surface area contributed by atoms with E-state index in [1.54, 1.807) is 6.07 Å². The molecule has 0 saturated heterocycles. The van der Waals surface area contributed by atoms with Gasteiger partial charge in [0.05, 0.1) is 6.20 Å². The molecule has 0 aliphatic heterocycles. The van der Waals surface area contributed by atoms with E-state index in [-0.39, 0.29) is 5.95 Å². The topological polar surface area (TPSA) is 63.8 Å². The lowest BCUT2D eigenvalue weighted by molar-refractivity contribution is 1.18. The van der Waals surface area contributed by atoms with Gasteiger partial charge in [-0.25, -0.2) is 4.98 Å². The lowest BCUT2D eigenvalue weighted by Gasteiger charge is -2.08. The Labute approximate surface area is 109 Å². The van der Waals surface area contributed by atoms with Crippen molar-refractivity contribution in [1.82, 2.24) is 9.97 Å². The van der Waals surface area contributed by atoms with Crippen LogP contribution in [0.15, 0.2) is 24.4 Å². The Kier molecular flexibility index (Phi) is 3.36. The molecule has 0 amide bonds. The number of benzene rings is 1. The molecule has 0 spiro atoms. The molecule has 0 radical (unpaired) electrons. The molecule has 0 aliphatic carbocycles. The monoisotopic (exact) mass is 268 g/mol. The molecule has 0 aliphatic rings. The van der Waals surface area contributed by atoms with Crippen molar-refractivity contribution in [2.75, 3.05) is 11.1 Å². The molecule has 0 unspecified atom stereocenters. The van der Waals surface area contributed by atoms with E-state index in [0.717, 1.165) is 11.3 Å². The minimum Gasteiger partial charge on any atom is -0.368 e. The van der Waals surface area contributed by atoms with Crippen molar-refractivity contribution >= 4 is 40.7 Å². The van der Waals surface area contributed by atoms with Gasteiger partial charge in [-0.3, -0.25) is 0 Å². The number of nitrogens with two attached hydrogens (primary N) is 1. The number of hydrogen-bond donors (Lipinski definition) is 2. The van der Waals surface area contributed by atoms with Crippen molar-refractivity contribution in [3.63, 3.8) is 0 Å². The van der Waals surface area contributed by atoms with E-state index in [0.29, 0.717) is 15.9 Å². The molecule has 1 aromatic heterocycles. The zero-order chi connectivity index (χ0) is 12.4. The minimum atomic E-state index is 0.162. The predicted molar refractivity (Wildman–Crippen MR) is 70.9 cm³/mol. The second-order valence-corrected chi connectivity index (χ2v) is 4.33. The zero-order valence-corrected chi connectivity index (χ0v) is 10.5. The van der Waals surface area contributed by atoms with Gasteiger partial charge in [-0.2, -0.15) is 4.98 Å². The number of aryl methyl sites for hydroxylation is 1. The average Bonchev–Trinajstić information content (AvgIpc) is 2.29. The van der Waals surface area contributed by atoms with Crippen LogP contribution in [0.25, 0.3) is 0 Å². The third-order valence-electron chi connectivity index (χ3n) is 2.20. The van der Waals surface area contributed by atoms with Crippen molar-refractivity contribution in [3.05, 3.63) is 40.0 Å². The molecule has 1 heterocycles. The van der Waals surface area contributed by atoms with E-state index in [2.05, 4.69) is 15.3 Å². The largest absolute Gasteiger partial charge is 0.368 e. The first-order chi connectivity index (χ1) is 8.06. The van der Waals surface area contributed by atoms with E-state index in [1.165, 1.54) is 6.20 Å². The molecule has 0 saturated carbocycles. The quantitative estimate of drug-likeness (QED) is 0.876. The van der Waals surface area contributed by atoms with Crippen molar-refractivity contribution in [2.45, 2.75) is 6.92 Å². The van der Waals surface area contributed by atoms with E-state index in [9.17, 15) is 0 Å². The van der Waals surface area contributed by atoms with E-state index in [1.807, 2.05) is 19.1 Å². The molecular formula is C11H10Cl2N4. The highest BCUT2D eigenvalue weighted by atomic mass is 35.5. The summed E-state index contributed by atoms with van der Waals surface area (Å²) >= 11 is 12.0. The fourth-order valence-corrected chi connectivity index (χ4v) is 1.59. The van der Waals surface area contributed by atoms with Gasteiger partial charge < -0.3 is 11.1 Å². The summed E-state index contributed by atoms with van der Waals surface area (Å²) in [6.45, 7) is 1.93. The third kappa shape index (κ3) is 2.78. The Morgan fingerprint density at radius 1 is 1.24 bits per heavy atom. The Morgan fingerprint density at radius 2 is 2.00 bits per heavy atom. The lowest BCUT2D eigenvalue weighted by Crippen LogP contribution is -2.00. The van der Waals surface area contributed by atoms with Crippen LogP contribution in [0.3, 0.4) is 0 Å². The van der Waals surface area contributed by atoms with Gasteiger partial charge in [0.1, 0.15) is 5.02 Å². The summed E-state index contributed by atoms with van der Waals surface area (Å²) in [5.74, 6) is 0.620. The fourth-order valence-electron chi connectivity index (χ4n) is 1.28. The molecule has 6 heteroatoms. The van der Waals surface area contributed by atoms with Crippen LogP contribution in [0.1, 0.15) is 5.56 Å². The molecule has 3 N–H and O–H groups in total. The maximum atomic E-state index is 6.02. The lowest BCUT2D eigenvalue weighted by atomic mass is 10.2. The van der Waals surface area contributed by atoms with Gasteiger partial charge in [-0.05, 0) is 24.6 Å². The van der Waals surface area contributed by atoms with E-state index < -0.39 is 0 Å². The summed E-state index contributed by atoms with van der Waals surface area (Å²) in [6, 6.07) is 5.59. The summed E-state index contributed by atoms with van der Waals surface area (Å²) in [7, 11) is 0. The minimum absolute atomic E-state index is 0.162. The van der Waals surface area contributed by atoms with E-state index >= 15 is 0 Å². The molecule has 88 valence electrons. The van der Waals surface area contributed by atoms with Gasteiger partial charge in [0.15, 0.2) is 5.82 Å². The number of nitrogen functional groups attached to an aromatic ring is 1. The second kappa shape index (κ2) is 4.77. The van der Waals surface area contributed by atoms with Crippen molar-refractivity contribution in [1.29, 1.82) is 0 Å². The van der Waals surface area contributed by atoms with Crippen LogP contribution in [0.4, 0.5) is 17.5 Å². The first kappa shape index (κ1) is 12.0. The van der Waals surface area contributed by atoms with Crippen LogP contribution in [0.2, 0.25) is 10.0 Å². The normalized spacial score (nSPS) is 10.3. The summed E-state index contributed by atoms with van der Waals surface area (Å²) in [5, 5.41) is 4.11. The predicted octanol–water partition coefficient (Wildman–Crippen LogP) is 3.42. The molecule has 17 heavy (non-hydrogen) atoms. The maximum Gasteiger partial charge on any atom is 0.222 e. The number of nitrogens with zero attached hydrogens (tertiary/aromatic N) is 2. The number of halogens is 2. The van der Waals surface area contributed by atoms with E-state index in [4.69, 9.17) is 28.9 Å². The molecule has 2 aromatic rings. The Morgan fingerprint density at radius 3 is 2.71 bits per heavy atom. The number of hydrogen-bond acceptors (Lipinski definition) is 4. The average molecular weight is 269 g/mol. The van der Waals surface area contributed by atoms with Gasteiger partial charge >= 0.3 is 0 Å². The van der Waals surface area contributed by atoms with Gasteiger partial charge in [-0.1, -0.05) is 29.3 Å². The first-order valence-electron chi connectivity index (χ1n) is 4.87. The smallest absolute Gasteiger partial charge is 0.222 e. The summed E-state index contributed by atoms with van der Waals surface area (Å²) in [4.78, 5) is 7.78. The molecule has 0 fully saturated rings. The van der Waals surface area contributed by atoms with Crippen LogP contribution >= 0.6 is 23.2 Å². The van der Waals surface area contributed by atoms with Crippen LogP contribution in [0, 0.1) is 6.92 Å². The van der Waals surface area contributed by atoms with Gasteiger partial charge in [0.25, 0.3) is 0 Å². The standard InChI is InChI=1S/C11H10Cl2N4/c1-6-2-3-7(4-8(6)12)16-10-9(13)5-15-11(14)17-10/h2-5H,1H3,(H3,14,15,16,17). The van der Waals surface area contributed by atoms with Crippen molar-refractivity contribution < 1.29 is 0 Å². The molecule has 0 atom stereocenters. The molecule has 1 aromatic carbocycles. The summed E-state index contributed by atoms with van der Waals surface area (Å²) < 4.78 is 0. The summed E-state index contributed by atoms with van der Waals surface area (Å²) in [6.07, 6.45) is 1.45. The van der Waals surface area contributed by atoms with Gasteiger partial charge in [-0.15, -0.1) is 0 Å². The second-order valence-electron chi connectivity index (χ2n) is 3.51. The van der Waals surface area contributed by atoms with Crippen LogP contribution < -0.4 is 11.1 Å². The maximum absolute atomic E-state index is 6.02. The number of nitrogens with one attached hydrogen (secondary N) is 1. The zero-order valence-electron chi connectivity index (χ0n) is 9.04. The highest BCUT2D eigenvalue weighted by Crippen LogP contribution is 2.26. The molecule has 4 nitrogen and oxygen atoms in total. The Bertz CT molecular complexity index is 557. The van der Waals surface area contributed by atoms with Crippen LogP contribution in [0.5, 0.6) is 0 Å². The van der Waals surface area contributed by atoms with Crippen LogP contribution in [-0.2, 0) is 0 Å². The van der Waals surface area contributed by atoms with Crippen molar-refractivity contribution in [2.24, 2.45) is 0 Å².